The first-order valence-corrected chi connectivity index (χ1v) is 7.88. The van der Waals surface area contributed by atoms with E-state index < -0.39 is 0 Å². The van der Waals surface area contributed by atoms with E-state index in [4.69, 9.17) is 11.6 Å². The number of benzene rings is 1. The molecule has 1 fully saturated rings. The number of imidazole rings is 1. The number of halogens is 1. The van der Waals surface area contributed by atoms with Crippen molar-refractivity contribution in [1.29, 1.82) is 0 Å². The molecule has 1 aliphatic heterocycles. The number of nitrogens with one attached hydrogen (secondary N) is 1. The topological polar surface area (TPSA) is 32.6 Å². The molecule has 3 aromatic rings. The van der Waals surface area contributed by atoms with E-state index in [1.54, 1.807) is 0 Å². The fourth-order valence-corrected chi connectivity index (χ4v) is 3.17. The number of anilines is 1. The van der Waals surface area contributed by atoms with E-state index in [0.717, 1.165) is 48.1 Å². The number of aromatic nitrogens is 2. The zero-order valence-corrected chi connectivity index (χ0v) is 12.9. The fraction of sp³-hybridized carbons (Fsp3) is 0.235. The van der Waals surface area contributed by atoms with E-state index in [-0.39, 0.29) is 0 Å². The highest BCUT2D eigenvalue weighted by atomic mass is 35.5. The third-order valence-corrected chi connectivity index (χ3v) is 4.44. The zero-order chi connectivity index (χ0) is 14.9. The van der Waals surface area contributed by atoms with Gasteiger partial charge < -0.3 is 10.2 Å². The second-order valence-corrected chi connectivity index (χ2v) is 5.89. The summed E-state index contributed by atoms with van der Waals surface area (Å²) in [6.45, 7) is 4.16. The van der Waals surface area contributed by atoms with Crippen LogP contribution < -0.4 is 10.2 Å². The van der Waals surface area contributed by atoms with Crippen LogP contribution in [-0.4, -0.2) is 35.6 Å². The summed E-state index contributed by atoms with van der Waals surface area (Å²) in [7, 11) is 0. The van der Waals surface area contributed by atoms with Crippen molar-refractivity contribution < 1.29 is 0 Å². The summed E-state index contributed by atoms with van der Waals surface area (Å²) in [5.74, 6) is 0.882. The van der Waals surface area contributed by atoms with Gasteiger partial charge in [-0.25, -0.2) is 4.98 Å². The molecule has 4 nitrogen and oxygen atoms in total. The zero-order valence-electron chi connectivity index (χ0n) is 12.2. The Labute approximate surface area is 134 Å². The van der Waals surface area contributed by atoms with Crippen LogP contribution in [0.4, 0.5) is 5.69 Å². The molecule has 3 heterocycles. The molecule has 0 amide bonds. The SMILES string of the molecule is Clc1ccccc1-c1ncc2cc(N3CCNCC3)ccn12. The van der Waals surface area contributed by atoms with E-state index in [2.05, 4.69) is 37.9 Å². The van der Waals surface area contributed by atoms with Gasteiger partial charge in [-0.05, 0) is 24.3 Å². The summed E-state index contributed by atoms with van der Waals surface area (Å²) in [4.78, 5) is 6.96. The molecule has 0 aliphatic carbocycles. The van der Waals surface area contributed by atoms with Gasteiger partial charge in [0.15, 0.2) is 0 Å². The number of fused-ring (bicyclic) bond motifs is 1. The molecule has 4 rings (SSSR count). The molecular weight excluding hydrogens is 296 g/mol. The van der Waals surface area contributed by atoms with Crippen LogP contribution in [0, 0.1) is 0 Å². The molecule has 1 aliphatic rings. The van der Waals surface area contributed by atoms with Crippen LogP contribution in [0.1, 0.15) is 0 Å². The largest absolute Gasteiger partial charge is 0.369 e. The second-order valence-electron chi connectivity index (χ2n) is 5.48. The average Bonchev–Trinajstić information content (AvgIpc) is 2.99. The van der Waals surface area contributed by atoms with Gasteiger partial charge in [0.2, 0.25) is 0 Å². The van der Waals surface area contributed by atoms with E-state index >= 15 is 0 Å². The van der Waals surface area contributed by atoms with Gasteiger partial charge in [0.1, 0.15) is 5.82 Å². The molecule has 0 atom stereocenters. The molecular formula is C17H17ClN4. The Morgan fingerprint density at radius 2 is 1.91 bits per heavy atom. The first-order valence-electron chi connectivity index (χ1n) is 7.50. The Balaban J connectivity index is 1.76. The van der Waals surface area contributed by atoms with Crippen molar-refractivity contribution in [2.75, 3.05) is 31.1 Å². The van der Waals surface area contributed by atoms with E-state index in [1.165, 1.54) is 5.69 Å². The van der Waals surface area contributed by atoms with Crippen molar-refractivity contribution >= 4 is 22.8 Å². The van der Waals surface area contributed by atoms with Crippen molar-refractivity contribution in [3.8, 4) is 11.4 Å². The number of piperazine rings is 1. The van der Waals surface area contributed by atoms with Gasteiger partial charge in [-0.1, -0.05) is 23.7 Å². The average molecular weight is 313 g/mol. The lowest BCUT2D eigenvalue weighted by molar-refractivity contribution is 0.589. The van der Waals surface area contributed by atoms with E-state index in [1.807, 2.05) is 30.5 Å². The minimum absolute atomic E-state index is 0.723. The van der Waals surface area contributed by atoms with Crippen molar-refractivity contribution in [2.24, 2.45) is 0 Å². The smallest absolute Gasteiger partial charge is 0.145 e. The molecule has 0 bridgehead atoms. The quantitative estimate of drug-likeness (QED) is 0.789. The fourth-order valence-electron chi connectivity index (χ4n) is 2.95. The van der Waals surface area contributed by atoms with Gasteiger partial charge in [0, 0.05) is 43.6 Å². The molecule has 5 heteroatoms. The third-order valence-electron chi connectivity index (χ3n) is 4.11. The summed E-state index contributed by atoms with van der Waals surface area (Å²) >= 11 is 6.30. The van der Waals surface area contributed by atoms with Crippen LogP contribution in [0.2, 0.25) is 5.02 Å². The van der Waals surface area contributed by atoms with Gasteiger partial charge in [0.05, 0.1) is 16.7 Å². The van der Waals surface area contributed by atoms with Gasteiger partial charge in [-0.2, -0.15) is 0 Å². The predicted molar refractivity (Wildman–Crippen MR) is 90.7 cm³/mol. The summed E-state index contributed by atoms with van der Waals surface area (Å²) in [5, 5.41) is 4.10. The first kappa shape index (κ1) is 13.6. The summed E-state index contributed by atoms with van der Waals surface area (Å²) < 4.78 is 2.09. The molecule has 0 unspecified atom stereocenters. The predicted octanol–water partition coefficient (Wildman–Crippen LogP) is 3.06. The Hall–Kier alpha value is -2.04. The van der Waals surface area contributed by atoms with Crippen LogP contribution in [0.5, 0.6) is 0 Å². The standard InChI is InChI=1S/C17H17ClN4/c18-16-4-2-1-3-15(16)17-20-12-14-11-13(5-8-22(14)17)21-9-6-19-7-10-21/h1-5,8,11-12,19H,6-7,9-10H2. The van der Waals surface area contributed by atoms with Crippen LogP contribution in [0.3, 0.4) is 0 Å². The molecule has 112 valence electrons. The van der Waals surface area contributed by atoms with Gasteiger partial charge in [-0.15, -0.1) is 0 Å². The molecule has 0 radical (unpaired) electrons. The maximum Gasteiger partial charge on any atom is 0.145 e. The number of hydrogen-bond donors (Lipinski definition) is 1. The lowest BCUT2D eigenvalue weighted by Crippen LogP contribution is -2.43. The third kappa shape index (κ3) is 2.34. The normalized spacial score (nSPS) is 15.4. The monoisotopic (exact) mass is 312 g/mol. The molecule has 1 aromatic carbocycles. The molecule has 22 heavy (non-hydrogen) atoms. The van der Waals surface area contributed by atoms with Crippen LogP contribution >= 0.6 is 11.6 Å². The van der Waals surface area contributed by atoms with Crippen molar-refractivity contribution in [3.05, 3.63) is 53.8 Å². The summed E-state index contributed by atoms with van der Waals surface area (Å²) in [5.41, 5.74) is 3.30. The van der Waals surface area contributed by atoms with Gasteiger partial charge in [-0.3, -0.25) is 4.40 Å². The van der Waals surface area contributed by atoms with Gasteiger partial charge >= 0.3 is 0 Å². The number of hydrogen-bond acceptors (Lipinski definition) is 3. The Morgan fingerprint density at radius 3 is 2.73 bits per heavy atom. The lowest BCUT2D eigenvalue weighted by atomic mass is 10.2. The molecule has 1 saturated heterocycles. The molecule has 1 N–H and O–H groups in total. The molecule has 0 saturated carbocycles. The summed E-state index contributed by atoms with van der Waals surface area (Å²) in [6, 6.07) is 12.2. The maximum absolute atomic E-state index is 6.30. The molecule has 2 aromatic heterocycles. The van der Waals surface area contributed by atoms with Crippen LogP contribution in [-0.2, 0) is 0 Å². The highest BCUT2D eigenvalue weighted by molar-refractivity contribution is 6.33. The van der Waals surface area contributed by atoms with E-state index in [0.29, 0.717) is 0 Å². The highest BCUT2D eigenvalue weighted by Gasteiger charge is 2.13. The maximum atomic E-state index is 6.30. The Bertz CT molecular complexity index is 805. The van der Waals surface area contributed by atoms with E-state index in [9.17, 15) is 0 Å². The highest BCUT2D eigenvalue weighted by Crippen LogP contribution is 2.28. The van der Waals surface area contributed by atoms with Crippen LogP contribution in [0.25, 0.3) is 16.9 Å². The Kier molecular flexibility index (Phi) is 3.48. The van der Waals surface area contributed by atoms with Gasteiger partial charge in [0.25, 0.3) is 0 Å². The van der Waals surface area contributed by atoms with Crippen molar-refractivity contribution in [2.45, 2.75) is 0 Å². The number of nitrogens with zero attached hydrogens (tertiary/aromatic N) is 3. The van der Waals surface area contributed by atoms with Crippen LogP contribution in [0.15, 0.2) is 48.8 Å². The van der Waals surface area contributed by atoms with Crippen molar-refractivity contribution in [3.63, 3.8) is 0 Å². The first-order chi connectivity index (χ1) is 10.8. The number of pyridine rings is 1. The van der Waals surface area contributed by atoms with Crippen molar-refractivity contribution in [1.82, 2.24) is 14.7 Å². The number of rotatable bonds is 2. The second kappa shape index (κ2) is 5.63. The minimum Gasteiger partial charge on any atom is -0.369 e. The summed E-state index contributed by atoms with van der Waals surface area (Å²) in [6.07, 6.45) is 3.99. The lowest BCUT2D eigenvalue weighted by Gasteiger charge is -2.29. The molecule has 0 spiro atoms. The minimum atomic E-state index is 0.723. The Morgan fingerprint density at radius 1 is 1.09 bits per heavy atom.